The van der Waals surface area contributed by atoms with Crippen molar-refractivity contribution in [3.63, 3.8) is 0 Å². The molecule has 1 amide bonds. The molecule has 1 aliphatic heterocycles. The molecule has 2 rings (SSSR count). The molecule has 0 spiro atoms. The van der Waals surface area contributed by atoms with Gasteiger partial charge in [-0.15, -0.1) is 0 Å². The Morgan fingerprint density at radius 3 is 3.00 bits per heavy atom. The lowest BCUT2D eigenvalue weighted by Gasteiger charge is -2.29. The van der Waals surface area contributed by atoms with Crippen LogP contribution in [0.1, 0.15) is 39.0 Å². The second-order valence-corrected chi connectivity index (χ2v) is 5.36. The summed E-state index contributed by atoms with van der Waals surface area (Å²) in [4.78, 5) is 14.3. The van der Waals surface area contributed by atoms with E-state index in [9.17, 15) is 4.79 Å². The zero-order valence-electron chi connectivity index (χ0n) is 12.2. The molecule has 1 aromatic rings. The van der Waals surface area contributed by atoms with Gasteiger partial charge >= 0.3 is 0 Å². The van der Waals surface area contributed by atoms with Crippen LogP contribution in [0.25, 0.3) is 0 Å². The van der Waals surface area contributed by atoms with Gasteiger partial charge in [0.1, 0.15) is 5.75 Å². The molecule has 0 saturated carbocycles. The topological polar surface area (TPSA) is 55.6 Å². The number of carbonyl (C=O) groups is 1. The van der Waals surface area contributed by atoms with Crippen molar-refractivity contribution in [2.45, 2.75) is 45.1 Å². The maximum absolute atomic E-state index is 12.3. The van der Waals surface area contributed by atoms with Gasteiger partial charge in [0.2, 0.25) is 0 Å². The van der Waals surface area contributed by atoms with Crippen LogP contribution in [0, 0.1) is 0 Å². The first-order chi connectivity index (χ1) is 9.70. The Labute approximate surface area is 120 Å². The normalized spacial score (nSPS) is 19.4. The van der Waals surface area contributed by atoms with Crippen LogP contribution in [-0.2, 0) is 4.79 Å². The monoisotopic (exact) mass is 276 g/mol. The fourth-order valence-electron chi connectivity index (χ4n) is 2.76. The number of nitrogens with zero attached hydrogens (tertiary/aromatic N) is 1. The smallest absolute Gasteiger partial charge is 0.260 e. The SMILES string of the molecule is CCC1CCCCCN1C(=O)COc1cccc(N)c1. The fourth-order valence-corrected chi connectivity index (χ4v) is 2.76. The molecule has 0 bridgehead atoms. The van der Waals surface area contributed by atoms with E-state index in [1.807, 2.05) is 17.0 Å². The first kappa shape index (κ1) is 14.7. The zero-order valence-corrected chi connectivity index (χ0v) is 12.2. The van der Waals surface area contributed by atoms with Crippen LogP contribution in [0.15, 0.2) is 24.3 Å². The maximum atomic E-state index is 12.3. The molecular formula is C16H24N2O2. The molecule has 110 valence electrons. The second-order valence-electron chi connectivity index (χ2n) is 5.36. The van der Waals surface area contributed by atoms with Crippen LogP contribution in [-0.4, -0.2) is 30.0 Å². The third-order valence-corrected chi connectivity index (χ3v) is 3.89. The number of nitrogens with two attached hydrogens (primary N) is 1. The van der Waals surface area contributed by atoms with Crippen molar-refractivity contribution in [2.75, 3.05) is 18.9 Å². The van der Waals surface area contributed by atoms with Crippen molar-refractivity contribution in [1.29, 1.82) is 0 Å². The number of rotatable bonds is 4. The van der Waals surface area contributed by atoms with E-state index in [-0.39, 0.29) is 12.5 Å². The predicted octanol–water partition coefficient (Wildman–Crippen LogP) is 2.83. The number of hydrogen-bond donors (Lipinski definition) is 1. The Kier molecular flexibility index (Phi) is 5.27. The van der Waals surface area contributed by atoms with E-state index in [1.54, 1.807) is 12.1 Å². The third kappa shape index (κ3) is 3.89. The van der Waals surface area contributed by atoms with Gasteiger partial charge < -0.3 is 15.4 Å². The lowest BCUT2D eigenvalue weighted by Crippen LogP contribution is -2.42. The summed E-state index contributed by atoms with van der Waals surface area (Å²) in [6, 6.07) is 7.57. The lowest BCUT2D eigenvalue weighted by atomic mass is 10.1. The first-order valence-corrected chi connectivity index (χ1v) is 7.48. The molecular weight excluding hydrogens is 252 g/mol. The number of anilines is 1. The van der Waals surface area contributed by atoms with Crippen LogP contribution in [0.4, 0.5) is 5.69 Å². The summed E-state index contributed by atoms with van der Waals surface area (Å²) in [5.41, 5.74) is 6.35. The van der Waals surface area contributed by atoms with Crippen LogP contribution >= 0.6 is 0 Å². The highest BCUT2D eigenvalue weighted by Crippen LogP contribution is 2.20. The Morgan fingerprint density at radius 2 is 2.25 bits per heavy atom. The van der Waals surface area contributed by atoms with E-state index in [2.05, 4.69) is 6.92 Å². The van der Waals surface area contributed by atoms with Gasteiger partial charge in [-0.05, 0) is 31.4 Å². The molecule has 4 heteroatoms. The fraction of sp³-hybridized carbons (Fsp3) is 0.562. The molecule has 1 aromatic carbocycles. The summed E-state index contributed by atoms with van der Waals surface area (Å²) in [6.07, 6.45) is 5.67. The molecule has 0 radical (unpaired) electrons. The minimum Gasteiger partial charge on any atom is -0.484 e. The third-order valence-electron chi connectivity index (χ3n) is 3.89. The number of ether oxygens (including phenoxy) is 1. The van der Waals surface area contributed by atoms with Crippen LogP contribution in [0.2, 0.25) is 0 Å². The summed E-state index contributed by atoms with van der Waals surface area (Å²) in [5, 5.41) is 0. The molecule has 0 aliphatic carbocycles. The van der Waals surface area contributed by atoms with Gasteiger partial charge in [0.05, 0.1) is 0 Å². The van der Waals surface area contributed by atoms with Gasteiger partial charge in [-0.2, -0.15) is 0 Å². The summed E-state index contributed by atoms with van der Waals surface area (Å²) in [5.74, 6) is 0.738. The van der Waals surface area contributed by atoms with Crippen molar-refractivity contribution in [3.05, 3.63) is 24.3 Å². The van der Waals surface area contributed by atoms with E-state index in [0.717, 1.165) is 25.8 Å². The average molecular weight is 276 g/mol. The molecule has 1 unspecified atom stereocenters. The number of hydrogen-bond acceptors (Lipinski definition) is 3. The highest BCUT2D eigenvalue weighted by Gasteiger charge is 2.24. The quantitative estimate of drug-likeness (QED) is 0.860. The van der Waals surface area contributed by atoms with Crippen molar-refractivity contribution >= 4 is 11.6 Å². The van der Waals surface area contributed by atoms with Crippen molar-refractivity contribution < 1.29 is 9.53 Å². The Bertz CT molecular complexity index is 448. The number of amides is 1. The number of nitrogen functional groups attached to an aromatic ring is 1. The van der Waals surface area contributed by atoms with Crippen LogP contribution in [0.5, 0.6) is 5.75 Å². The second kappa shape index (κ2) is 7.17. The molecule has 1 heterocycles. The van der Waals surface area contributed by atoms with Crippen molar-refractivity contribution in [2.24, 2.45) is 0 Å². The Hall–Kier alpha value is -1.71. The largest absolute Gasteiger partial charge is 0.484 e. The minimum absolute atomic E-state index is 0.0844. The molecule has 1 atom stereocenters. The Morgan fingerprint density at radius 1 is 1.40 bits per heavy atom. The molecule has 20 heavy (non-hydrogen) atoms. The lowest BCUT2D eigenvalue weighted by molar-refractivity contribution is -0.135. The number of carbonyl (C=O) groups excluding carboxylic acids is 1. The van der Waals surface area contributed by atoms with Gasteiger partial charge in [0.15, 0.2) is 6.61 Å². The number of likely N-dealkylation sites (tertiary alicyclic amines) is 1. The highest BCUT2D eigenvalue weighted by molar-refractivity contribution is 5.78. The first-order valence-electron chi connectivity index (χ1n) is 7.48. The summed E-state index contributed by atoms with van der Waals surface area (Å²) >= 11 is 0. The molecule has 0 aromatic heterocycles. The maximum Gasteiger partial charge on any atom is 0.260 e. The van der Waals surface area contributed by atoms with E-state index < -0.39 is 0 Å². The van der Waals surface area contributed by atoms with Crippen molar-refractivity contribution in [3.8, 4) is 5.75 Å². The van der Waals surface area contributed by atoms with E-state index in [1.165, 1.54) is 12.8 Å². The summed E-state index contributed by atoms with van der Waals surface area (Å²) < 4.78 is 5.56. The van der Waals surface area contributed by atoms with Gasteiger partial charge in [0, 0.05) is 24.3 Å². The molecule has 1 saturated heterocycles. The zero-order chi connectivity index (χ0) is 14.4. The average Bonchev–Trinajstić information content (AvgIpc) is 2.70. The van der Waals surface area contributed by atoms with Gasteiger partial charge in [-0.3, -0.25) is 4.79 Å². The van der Waals surface area contributed by atoms with Gasteiger partial charge in [-0.1, -0.05) is 25.8 Å². The van der Waals surface area contributed by atoms with E-state index in [0.29, 0.717) is 17.5 Å². The number of benzene rings is 1. The molecule has 2 N–H and O–H groups in total. The predicted molar refractivity (Wildman–Crippen MR) is 80.6 cm³/mol. The van der Waals surface area contributed by atoms with E-state index >= 15 is 0 Å². The summed E-state index contributed by atoms with van der Waals surface area (Å²) in [7, 11) is 0. The molecule has 4 nitrogen and oxygen atoms in total. The molecule has 1 aliphatic rings. The minimum atomic E-state index is 0.0844. The highest BCUT2D eigenvalue weighted by atomic mass is 16.5. The van der Waals surface area contributed by atoms with E-state index in [4.69, 9.17) is 10.5 Å². The van der Waals surface area contributed by atoms with Crippen LogP contribution in [0.3, 0.4) is 0 Å². The van der Waals surface area contributed by atoms with Gasteiger partial charge in [0.25, 0.3) is 5.91 Å². The standard InChI is InChI=1S/C16H24N2O2/c1-2-14-8-4-3-5-10-18(14)16(19)12-20-15-9-6-7-13(17)11-15/h6-7,9,11,14H,2-5,8,10,12,17H2,1H3. The van der Waals surface area contributed by atoms with Crippen LogP contribution < -0.4 is 10.5 Å². The Balaban J connectivity index is 1.92. The van der Waals surface area contributed by atoms with Gasteiger partial charge in [-0.25, -0.2) is 0 Å². The summed E-state index contributed by atoms with van der Waals surface area (Å²) in [6.45, 7) is 3.10. The van der Waals surface area contributed by atoms with Crippen molar-refractivity contribution in [1.82, 2.24) is 4.90 Å². The molecule has 1 fully saturated rings.